The van der Waals surface area contributed by atoms with Crippen molar-refractivity contribution in [3.05, 3.63) is 54.1 Å². The highest BCUT2D eigenvalue weighted by Crippen LogP contribution is 2.41. The average Bonchev–Trinajstić information content (AvgIpc) is 3.22. The summed E-state index contributed by atoms with van der Waals surface area (Å²) >= 11 is 0. The normalized spacial score (nSPS) is 21.6. The van der Waals surface area contributed by atoms with Crippen LogP contribution in [0.2, 0.25) is 0 Å². The zero-order valence-electron chi connectivity index (χ0n) is 15.0. The van der Waals surface area contributed by atoms with Crippen LogP contribution in [0.25, 0.3) is 0 Å². The van der Waals surface area contributed by atoms with Gasteiger partial charge in [0.1, 0.15) is 5.75 Å². The fourth-order valence-corrected chi connectivity index (χ4v) is 3.74. The number of carbonyl (C=O) groups is 2. The molecule has 1 saturated heterocycles. The molecule has 2 heterocycles. The fourth-order valence-electron chi connectivity index (χ4n) is 3.74. The number of fused-ring (bicyclic) bond motifs is 1. The molecule has 1 atom stereocenters. The van der Waals surface area contributed by atoms with Crippen molar-refractivity contribution in [2.24, 2.45) is 0 Å². The van der Waals surface area contributed by atoms with E-state index in [1.807, 2.05) is 0 Å². The van der Waals surface area contributed by atoms with Gasteiger partial charge in [0.2, 0.25) is 0 Å². The van der Waals surface area contributed by atoms with Crippen LogP contribution in [0.1, 0.15) is 18.4 Å². The Morgan fingerprint density at radius 3 is 2.63 bits per heavy atom. The molecule has 2 aliphatic rings. The van der Waals surface area contributed by atoms with E-state index in [-0.39, 0.29) is 0 Å². The quantitative estimate of drug-likeness (QED) is 0.873. The lowest BCUT2D eigenvalue weighted by atomic mass is 9.94. The highest BCUT2D eigenvalue weighted by Gasteiger charge is 2.53. The van der Waals surface area contributed by atoms with Crippen molar-refractivity contribution < 1.29 is 19.4 Å². The minimum absolute atomic E-state index is 0.351. The molecule has 0 saturated carbocycles. The van der Waals surface area contributed by atoms with E-state index < -0.39 is 17.7 Å². The van der Waals surface area contributed by atoms with E-state index in [2.05, 4.69) is 5.32 Å². The van der Waals surface area contributed by atoms with Gasteiger partial charge in [0, 0.05) is 24.7 Å². The van der Waals surface area contributed by atoms with Crippen LogP contribution in [-0.2, 0) is 10.5 Å². The Morgan fingerprint density at radius 1 is 1.15 bits per heavy atom. The highest BCUT2D eigenvalue weighted by atomic mass is 16.5. The second-order valence-electron chi connectivity index (χ2n) is 6.68. The van der Waals surface area contributed by atoms with Crippen molar-refractivity contribution in [2.75, 3.05) is 30.4 Å². The first kappa shape index (κ1) is 17.4. The third kappa shape index (κ3) is 2.71. The summed E-state index contributed by atoms with van der Waals surface area (Å²) in [5.41, 5.74) is -0.979. The largest absolute Gasteiger partial charge is 0.497 e. The Bertz CT molecular complexity index is 894. The lowest BCUT2D eigenvalue weighted by molar-refractivity contribution is -0.150. The number of aliphatic hydroxyl groups is 1. The van der Waals surface area contributed by atoms with Gasteiger partial charge < -0.3 is 20.1 Å². The molecule has 7 heteroatoms. The van der Waals surface area contributed by atoms with Crippen LogP contribution in [0.5, 0.6) is 5.75 Å². The number of para-hydroxylation sites is 1. The number of hydrogen-bond donors (Lipinski definition) is 2. The number of carbonyl (C=O) groups excluding carboxylic acids is 2. The Kier molecular flexibility index (Phi) is 4.24. The van der Waals surface area contributed by atoms with Gasteiger partial charge in [-0.05, 0) is 31.0 Å². The molecule has 0 aliphatic carbocycles. The number of rotatable bonds is 3. The average molecular weight is 367 g/mol. The molecule has 0 unspecified atom stereocenters. The Balaban J connectivity index is 1.89. The number of ether oxygens (including phenoxy) is 1. The molecule has 2 aromatic carbocycles. The number of methoxy groups -OCH3 is 1. The molecule has 3 amide bonds. The molecule has 0 aromatic heterocycles. The van der Waals surface area contributed by atoms with Gasteiger partial charge in [-0.25, -0.2) is 4.79 Å². The smallest absolute Gasteiger partial charge is 0.329 e. The number of urea groups is 1. The summed E-state index contributed by atoms with van der Waals surface area (Å²) in [6.45, 7) is 1.13. The fraction of sp³-hybridized carbons (Fsp3) is 0.300. The van der Waals surface area contributed by atoms with Crippen molar-refractivity contribution >= 4 is 23.3 Å². The molecule has 0 spiro atoms. The third-order valence-electron chi connectivity index (χ3n) is 5.07. The Morgan fingerprint density at radius 2 is 1.89 bits per heavy atom. The van der Waals surface area contributed by atoms with Crippen LogP contribution in [0.3, 0.4) is 0 Å². The van der Waals surface area contributed by atoms with E-state index in [9.17, 15) is 14.7 Å². The zero-order valence-corrected chi connectivity index (χ0v) is 15.0. The lowest BCUT2D eigenvalue weighted by Gasteiger charge is -2.44. The van der Waals surface area contributed by atoms with E-state index in [1.54, 1.807) is 53.4 Å². The number of hydrogen-bond acceptors (Lipinski definition) is 4. The molecule has 0 bridgehead atoms. The van der Waals surface area contributed by atoms with E-state index in [4.69, 9.17) is 4.74 Å². The maximum atomic E-state index is 13.4. The topological polar surface area (TPSA) is 82.1 Å². The molecule has 4 rings (SSSR count). The third-order valence-corrected chi connectivity index (χ3v) is 5.07. The lowest BCUT2D eigenvalue weighted by Crippen LogP contribution is -2.62. The van der Waals surface area contributed by atoms with Crippen molar-refractivity contribution in [3.8, 4) is 5.75 Å². The van der Waals surface area contributed by atoms with E-state index in [0.717, 1.165) is 17.7 Å². The minimum atomic E-state index is -2.13. The van der Waals surface area contributed by atoms with Gasteiger partial charge in [0.15, 0.2) is 0 Å². The molecule has 27 heavy (non-hydrogen) atoms. The molecule has 2 aromatic rings. The minimum Gasteiger partial charge on any atom is -0.497 e. The van der Waals surface area contributed by atoms with Crippen LogP contribution in [0.15, 0.2) is 48.5 Å². The van der Waals surface area contributed by atoms with Crippen molar-refractivity contribution in [3.63, 3.8) is 0 Å². The van der Waals surface area contributed by atoms with Gasteiger partial charge in [-0.3, -0.25) is 9.69 Å². The summed E-state index contributed by atoms with van der Waals surface area (Å²) in [6, 6.07) is 13.0. The van der Waals surface area contributed by atoms with Crippen LogP contribution in [0.4, 0.5) is 16.2 Å². The molecule has 2 N–H and O–H groups in total. The molecular formula is C20H21N3O4. The molecule has 0 radical (unpaired) electrons. The molecule has 140 valence electrons. The summed E-state index contributed by atoms with van der Waals surface area (Å²) in [7, 11) is 1.52. The number of amides is 3. The summed E-state index contributed by atoms with van der Waals surface area (Å²) in [4.78, 5) is 29.1. The first-order valence-electron chi connectivity index (χ1n) is 8.92. The maximum Gasteiger partial charge on any atom is 0.329 e. The van der Waals surface area contributed by atoms with Gasteiger partial charge in [-0.2, -0.15) is 0 Å². The monoisotopic (exact) mass is 367 g/mol. The molecule has 7 nitrogen and oxygen atoms in total. The van der Waals surface area contributed by atoms with Gasteiger partial charge >= 0.3 is 6.03 Å². The first-order chi connectivity index (χ1) is 13.1. The SMILES string of the molecule is COc1cccc(N2C(=O)Nc3ccccc3[C@@]2(O)C(=O)N2CCCC2)c1. The van der Waals surface area contributed by atoms with Crippen molar-refractivity contribution in [1.82, 2.24) is 4.90 Å². The van der Waals surface area contributed by atoms with Gasteiger partial charge in [-0.15, -0.1) is 0 Å². The summed E-state index contributed by atoms with van der Waals surface area (Å²) < 4.78 is 5.24. The van der Waals surface area contributed by atoms with E-state index >= 15 is 0 Å². The van der Waals surface area contributed by atoms with Crippen molar-refractivity contribution in [2.45, 2.75) is 18.6 Å². The highest BCUT2D eigenvalue weighted by molar-refractivity contribution is 6.11. The number of nitrogens with one attached hydrogen (secondary N) is 1. The first-order valence-corrected chi connectivity index (χ1v) is 8.92. The number of benzene rings is 2. The Labute approximate surface area is 157 Å². The van der Waals surface area contributed by atoms with Gasteiger partial charge in [0.05, 0.1) is 18.5 Å². The van der Waals surface area contributed by atoms with Crippen LogP contribution < -0.4 is 15.0 Å². The summed E-state index contributed by atoms with van der Waals surface area (Å²) in [6.07, 6.45) is 1.77. The Hall–Kier alpha value is -3.06. The second kappa shape index (κ2) is 6.59. The summed E-state index contributed by atoms with van der Waals surface area (Å²) in [5.74, 6) is 0.0280. The summed E-state index contributed by atoms with van der Waals surface area (Å²) in [5, 5.41) is 14.5. The van der Waals surface area contributed by atoms with E-state index in [0.29, 0.717) is 35.8 Å². The van der Waals surface area contributed by atoms with Crippen LogP contribution in [-0.4, -0.2) is 42.1 Å². The van der Waals surface area contributed by atoms with E-state index in [1.165, 1.54) is 7.11 Å². The zero-order chi connectivity index (χ0) is 19.0. The molecular weight excluding hydrogens is 346 g/mol. The second-order valence-corrected chi connectivity index (χ2v) is 6.68. The number of likely N-dealkylation sites (tertiary alicyclic amines) is 1. The number of nitrogens with zero attached hydrogens (tertiary/aromatic N) is 2. The van der Waals surface area contributed by atoms with Crippen molar-refractivity contribution in [1.29, 1.82) is 0 Å². The standard InChI is InChI=1S/C20H21N3O4/c1-27-15-8-6-7-14(13-15)23-19(25)21-17-10-3-2-9-16(17)20(23,26)18(24)22-11-4-5-12-22/h2-3,6-10,13,26H,4-5,11-12H2,1H3,(H,21,25)/t20-/m1/s1. The predicted molar refractivity (Wildman–Crippen MR) is 101 cm³/mol. The van der Waals surface area contributed by atoms with Crippen LogP contribution in [0, 0.1) is 0 Å². The molecule has 1 fully saturated rings. The van der Waals surface area contributed by atoms with Gasteiger partial charge in [0.25, 0.3) is 11.6 Å². The number of anilines is 2. The molecule has 2 aliphatic heterocycles. The maximum absolute atomic E-state index is 13.4. The van der Waals surface area contributed by atoms with Gasteiger partial charge in [-0.1, -0.05) is 24.3 Å². The predicted octanol–water partition coefficient (Wildman–Crippen LogP) is 2.51. The van der Waals surface area contributed by atoms with Crippen LogP contribution >= 0.6 is 0 Å².